The molecule has 0 N–H and O–H groups in total. The van der Waals surface area contributed by atoms with Gasteiger partial charge in [-0.25, -0.2) is 0 Å². The lowest BCUT2D eigenvalue weighted by molar-refractivity contribution is 0.550. The van der Waals surface area contributed by atoms with Crippen LogP contribution in [0, 0.1) is 0 Å². The molecule has 0 amide bonds. The van der Waals surface area contributed by atoms with Crippen LogP contribution >= 0.6 is 0 Å². The second kappa shape index (κ2) is 10.9. The monoisotopic (exact) mass is 704 g/mol. The zero-order valence-electron chi connectivity index (χ0n) is 31.1. The molecule has 0 bridgehead atoms. The Labute approximate surface area is 324 Å². The first-order chi connectivity index (χ1) is 27.3. The zero-order chi connectivity index (χ0) is 35.9. The Morgan fingerprint density at radius 1 is 0.364 bits per heavy atom. The molecule has 2 aliphatic heterocycles. The van der Waals surface area contributed by atoms with Crippen LogP contribution in [0.15, 0.2) is 152 Å². The van der Waals surface area contributed by atoms with E-state index in [1.54, 1.807) is 22.3 Å². The van der Waals surface area contributed by atoms with E-state index in [1.165, 1.54) is 124 Å². The van der Waals surface area contributed by atoms with Crippen molar-refractivity contribution in [3.63, 3.8) is 0 Å². The Kier molecular flexibility index (Phi) is 6.06. The maximum Gasteiger partial charge on any atom is 0.252 e. The summed E-state index contributed by atoms with van der Waals surface area (Å²) >= 11 is 0. The van der Waals surface area contributed by atoms with Gasteiger partial charge in [0.05, 0.1) is 0 Å². The fraction of sp³-hybridized carbons (Fsp3) is 0.192. The van der Waals surface area contributed by atoms with E-state index in [0.717, 1.165) is 0 Å². The average molecular weight is 705 g/mol. The molecular formula is C52H41BN2. The summed E-state index contributed by atoms with van der Waals surface area (Å²) in [5.41, 5.74) is 24.1. The van der Waals surface area contributed by atoms with Crippen LogP contribution in [0.1, 0.15) is 73.6 Å². The van der Waals surface area contributed by atoms with E-state index in [-0.39, 0.29) is 17.5 Å². The summed E-state index contributed by atoms with van der Waals surface area (Å²) in [4.78, 5) is 5.20. The molecule has 3 heteroatoms. The number of hydrogen-bond donors (Lipinski definition) is 0. The van der Waals surface area contributed by atoms with Crippen LogP contribution in [0.5, 0.6) is 0 Å². The van der Waals surface area contributed by atoms with Gasteiger partial charge in [0, 0.05) is 45.0 Å². The molecule has 7 aromatic carbocycles. The summed E-state index contributed by atoms with van der Waals surface area (Å²) in [5, 5.41) is 0. The molecule has 0 radical (unpaired) electrons. The fourth-order valence-electron chi connectivity index (χ4n) is 12.6. The Morgan fingerprint density at radius 2 is 0.782 bits per heavy atom. The summed E-state index contributed by atoms with van der Waals surface area (Å²) in [7, 11) is 0. The van der Waals surface area contributed by atoms with Crippen LogP contribution in [0.2, 0.25) is 0 Å². The summed E-state index contributed by atoms with van der Waals surface area (Å²) in [5.74, 6) is 0. The van der Waals surface area contributed by atoms with Gasteiger partial charge < -0.3 is 9.80 Å². The summed E-state index contributed by atoms with van der Waals surface area (Å²) in [6, 6.07) is 58.7. The van der Waals surface area contributed by atoms with Crippen molar-refractivity contribution < 1.29 is 0 Å². The molecule has 6 aliphatic rings. The third-order valence-electron chi connectivity index (χ3n) is 14.7. The predicted octanol–water partition coefficient (Wildman–Crippen LogP) is 11.5. The third-order valence-corrected chi connectivity index (χ3v) is 14.7. The van der Waals surface area contributed by atoms with Crippen molar-refractivity contribution in [1.82, 2.24) is 0 Å². The minimum Gasteiger partial charge on any atom is -0.311 e. The number of hydrogen-bond acceptors (Lipinski definition) is 2. The Bertz CT molecular complexity index is 2550. The highest BCUT2D eigenvalue weighted by molar-refractivity contribution is 7.00. The minimum absolute atomic E-state index is 0.0892. The first-order valence-electron chi connectivity index (χ1n) is 20.7. The van der Waals surface area contributed by atoms with E-state index >= 15 is 0 Å². The zero-order valence-corrected chi connectivity index (χ0v) is 31.1. The Morgan fingerprint density at radius 3 is 1.24 bits per heavy atom. The van der Waals surface area contributed by atoms with Gasteiger partial charge in [-0.05, 0) is 135 Å². The minimum atomic E-state index is 0.0892. The molecule has 262 valence electrons. The summed E-state index contributed by atoms with van der Waals surface area (Å²) in [6.07, 6.45) is 10.1. The highest BCUT2D eigenvalue weighted by Crippen LogP contribution is 2.60. The van der Waals surface area contributed by atoms with E-state index in [2.05, 4.69) is 161 Å². The van der Waals surface area contributed by atoms with Crippen LogP contribution in [-0.2, 0) is 10.8 Å². The molecule has 2 saturated carbocycles. The average Bonchev–Trinajstić information content (AvgIpc) is 4.05. The number of benzene rings is 7. The molecule has 0 unspecified atom stereocenters. The Balaban J connectivity index is 1.15. The van der Waals surface area contributed by atoms with Gasteiger partial charge >= 0.3 is 0 Å². The van der Waals surface area contributed by atoms with Crippen molar-refractivity contribution >= 4 is 57.2 Å². The van der Waals surface area contributed by atoms with Crippen molar-refractivity contribution in [2.24, 2.45) is 0 Å². The molecular weight excluding hydrogens is 663 g/mol. The van der Waals surface area contributed by atoms with Crippen molar-refractivity contribution in [3.05, 3.63) is 174 Å². The highest BCUT2D eigenvalue weighted by Gasteiger charge is 2.51. The lowest BCUT2D eigenvalue weighted by Gasteiger charge is -2.45. The van der Waals surface area contributed by atoms with Crippen molar-refractivity contribution in [2.75, 3.05) is 9.80 Å². The SMILES string of the molecule is c1ccc(N2c3cc4c(cc3B3c5cc6c(cc5N(c5ccccc5)c5cccc2c53)C2(CCCC2)c2ccccc2-6)-c2ccccc2C42CCCC2)cc1. The van der Waals surface area contributed by atoms with Gasteiger partial charge in [0.1, 0.15) is 0 Å². The van der Waals surface area contributed by atoms with Crippen molar-refractivity contribution in [3.8, 4) is 22.3 Å². The van der Waals surface area contributed by atoms with E-state index in [4.69, 9.17) is 0 Å². The van der Waals surface area contributed by atoms with Crippen LogP contribution in [0.3, 0.4) is 0 Å². The van der Waals surface area contributed by atoms with Gasteiger partial charge in [-0.2, -0.15) is 0 Å². The molecule has 13 rings (SSSR count). The van der Waals surface area contributed by atoms with E-state index in [0.29, 0.717) is 0 Å². The summed E-state index contributed by atoms with van der Waals surface area (Å²) in [6.45, 7) is 0.0892. The highest BCUT2D eigenvalue weighted by atomic mass is 15.2. The van der Waals surface area contributed by atoms with Gasteiger partial charge in [-0.15, -0.1) is 0 Å². The molecule has 55 heavy (non-hydrogen) atoms. The first kappa shape index (κ1) is 30.5. The van der Waals surface area contributed by atoms with E-state index in [9.17, 15) is 0 Å². The molecule has 0 atom stereocenters. The maximum atomic E-state index is 2.65. The van der Waals surface area contributed by atoms with Crippen LogP contribution in [0.4, 0.5) is 34.1 Å². The Hall–Kier alpha value is -5.80. The quantitative estimate of drug-likeness (QED) is 0.165. The molecule has 4 aliphatic carbocycles. The molecule has 2 nitrogen and oxygen atoms in total. The number of fused-ring (bicyclic) bond motifs is 14. The maximum absolute atomic E-state index is 2.65. The number of nitrogens with zero attached hydrogens (tertiary/aromatic N) is 2. The smallest absolute Gasteiger partial charge is 0.252 e. The normalized spacial score (nSPS) is 18.1. The van der Waals surface area contributed by atoms with Gasteiger partial charge in [-0.3, -0.25) is 0 Å². The second-order valence-corrected chi connectivity index (χ2v) is 17.1. The number of para-hydroxylation sites is 2. The van der Waals surface area contributed by atoms with Gasteiger partial charge in [0.25, 0.3) is 6.71 Å². The molecule has 7 aromatic rings. The molecule has 2 fully saturated rings. The fourth-order valence-corrected chi connectivity index (χ4v) is 12.6. The van der Waals surface area contributed by atoms with Crippen LogP contribution < -0.4 is 26.2 Å². The van der Waals surface area contributed by atoms with Crippen LogP contribution in [0.25, 0.3) is 22.3 Å². The van der Waals surface area contributed by atoms with Gasteiger partial charge in [0.15, 0.2) is 0 Å². The lowest BCUT2D eigenvalue weighted by Crippen LogP contribution is -2.61. The summed E-state index contributed by atoms with van der Waals surface area (Å²) < 4.78 is 0. The largest absolute Gasteiger partial charge is 0.311 e. The second-order valence-electron chi connectivity index (χ2n) is 17.1. The van der Waals surface area contributed by atoms with Crippen molar-refractivity contribution in [2.45, 2.75) is 62.2 Å². The molecule has 0 saturated heterocycles. The van der Waals surface area contributed by atoms with E-state index in [1.807, 2.05) is 0 Å². The number of rotatable bonds is 2. The molecule has 0 aromatic heterocycles. The van der Waals surface area contributed by atoms with Crippen molar-refractivity contribution in [1.29, 1.82) is 0 Å². The predicted molar refractivity (Wildman–Crippen MR) is 230 cm³/mol. The van der Waals surface area contributed by atoms with Gasteiger partial charge in [-0.1, -0.05) is 129 Å². The van der Waals surface area contributed by atoms with E-state index < -0.39 is 0 Å². The first-order valence-corrected chi connectivity index (χ1v) is 20.7. The molecule has 2 heterocycles. The molecule has 2 spiro atoms. The van der Waals surface area contributed by atoms with Gasteiger partial charge in [0.2, 0.25) is 0 Å². The number of anilines is 6. The van der Waals surface area contributed by atoms with Crippen LogP contribution in [-0.4, -0.2) is 6.71 Å². The topological polar surface area (TPSA) is 6.48 Å². The lowest BCUT2D eigenvalue weighted by atomic mass is 9.33. The standard InChI is InChI=1S/C52H41BN2/c1-3-16-34(17-4-1)54-46-24-15-25-47-50(46)53(44-30-38-36-20-7-9-22-40(36)51(26-11-12-27-51)42(38)32-48(44)54)45-31-39-37-21-8-10-23-41(37)52(28-13-14-29-52)43(39)33-49(45)55(47)35-18-5-2-6-19-35/h1-10,15-25,30-33H,11-14,26-29H2. The third kappa shape index (κ3) is 3.82.